The summed E-state index contributed by atoms with van der Waals surface area (Å²) in [7, 11) is 2.09. The average Bonchev–Trinajstić information content (AvgIpc) is 2.41. The van der Waals surface area contributed by atoms with Gasteiger partial charge in [0.25, 0.3) is 5.91 Å². The molecule has 1 aliphatic heterocycles. The Balaban J connectivity index is 2.01. The molecule has 1 amide bonds. The fourth-order valence-corrected chi connectivity index (χ4v) is 2.10. The Kier molecular flexibility index (Phi) is 4.92. The smallest absolute Gasteiger partial charge is 0.269 e. The van der Waals surface area contributed by atoms with Gasteiger partial charge in [0.2, 0.25) is 0 Å². The lowest BCUT2D eigenvalue weighted by Gasteiger charge is -2.32. The molecule has 6 nitrogen and oxygen atoms in total. The minimum atomic E-state index is -0.106. The van der Waals surface area contributed by atoms with Crippen molar-refractivity contribution in [3.63, 3.8) is 0 Å². The Bertz CT molecular complexity index is 455. The van der Waals surface area contributed by atoms with Crippen molar-refractivity contribution in [3.05, 3.63) is 23.9 Å². The van der Waals surface area contributed by atoms with Gasteiger partial charge >= 0.3 is 0 Å². The molecule has 1 aliphatic rings. The molecule has 2 heterocycles. The Hall–Kier alpha value is -1.66. The van der Waals surface area contributed by atoms with E-state index in [0.717, 1.165) is 26.2 Å². The van der Waals surface area contributed by atoms with E-state index in [9.17, 15) is 4.79 Å². The van der Waals surface area contributed by atoms with E-state index < -0.39 is 0 Å². The molecule has 0 radical (unpaired) electrons. The Labute approximate surface area is 120 Å². The maximum atomic E-state index is 12.4. The molecule has 0 atom stereocenters. The third-order valence-electron chi connectivity index (χ3n) is 3.24. The summed E-state index contributed by atoms with van der Waals surface area (Å²) in [4.78, 5) is 18.8. The van der Waals surface area contributed by atoms with Gasteiger partial charge in [0.05, 0.1) is 5.56 Å². The van der Waals surface area contributed by atoms with Crippen LogP contribution in [0.4, 0.5) is 5.82 Å². The molecule has 2 rings (SSSR count). The van der Waals surface area contributed by atoms with Crippen molar-refractivity contribution in [3.8, 4) is 0 Å². The molecule has 2 N–H and O–H groups in total. The molecular formula is C14H23N5O. The minimum Gasteiger partial charge on any atom is -0.367 e. The van der Waals surface area contributed by atoms with Gasteiger partial charge < -0.3 is 10.2 Å². The standard InChI is InChI=1S/C14H23N5O/c1-11(2)16-13-12(5-4-6-15-13)14(20)17-19-9-7-18(3)8-10-19/h4-6,11H,7-10H2,1-3H3,(H,15,16)(H,17,20). The van der Waals surface area contributed by atoms with Crippen LogP contribution in [-0.2, 0) is 0 Å². The van der Waals surface area contributed by atoms with Crippen molar-refractivity contribution in [1.29, 1.82) is 0 Å². The maximum Gasteiger partial charge on any atom is 0.269 e. The van der Waals surface area contributed by atoms with E-state index >= 15 is 0 Å². The average molecular weight is 277 g/mol. The van der Waals surface area contributed by atoms with Gasteiger partial charge in [-0.05, 0) is 33.0 Å². The van der Waals surface area contributed by atoms with Gasteiger partial charge in [-0.25, -0.2) is 9.99 Å². The van der Waals surface area contributed by atoms with Crippen molar-refractivity contribution < 1.29 is 4.79 Å². The zero-order chi connectivity index (χ0) is 14.5. The summed E-state index contributed by atoms with van der Waals surface area (Å²) in [5.41, 5.74) is 3.54. The summed E-state index contributed by atoms with van der Waals surface area (Å²) in [5, 5.41) is 5.17. The third kappa shape index (κ3) is 3.91. The van der Waals surface area contributed by atoms with Crippen molar-refractivity contribution in [1.82, 2.24) is 20.3 Å². The fourth-order valence-electron chi connectivity index (χ4n) is 2.10. The lowest BCUT2D eigenvalue weighted by molar-refractivity contribution is 0.0663. The van der Waals surface area contributed by atoms with Crippen LogP contribution in [-0.4, -0.2) is 60.1 Å². The summed E-state index contributed by atoms with van der Waals surface area (Å²) in [6.45, 7) is 7.66. The van der Waals surface area contributed by atoms with Gasteiger partial charge in [-0.15, -0.1) is 0 Å². The quantitative estimate of drug-likeness (QED) is 0.852. The number of piperazine rings is 1. The van der Waals surface area contributed by atoms with Crippen molar-refractivity contribution in [2.45, 2.75) is 19.9 Å². The molecule has 0 spiro atoms. The second-order valence-corrected chi connectivity index (χ2v) is 5.43. The largest absolute Gasteiger partial charge is 0.367 e. The number of hydrazine groups is 1. The van der Waals surface area contributed by atoms with E-state index in [1.165, 1.54) is 0 Å². The van der Waals surface area contributed by atoms with Crippen LogP contribution in [0, 0.1) is 0 Å². The molecule has 6 heteroatoms. The highest BCUT2D eigenvalue weighted by molar-refractivity contribution is 5.98. The normalized spacial score (nSPS) is 17.2. The summed E-state index contributed by atoms with van der Waals surface area (Å²) in [6, 6.07) is 3.81. The highest BCUT2D eigenvalue weighted by Gasteiger charge is 2.18. The summed E-state index contributed by atoms with van der Waals surface area (Å²) in [6.07, 6.45) is 1.69. The van der Waals surface area contributed by atoms with Gasteiger partial charge in [0.15, 0.2) is 0 Å². The second-order valence-electron chi connectivity index (χ2n) is 5.43. The number of rotatable bonds is 4. The number of aromatic nitrogens is 1. The topological polar surface area (TPSA) is 60.5 Å². The van der Waals surface area contributed by atoms with E-state index in [0.29, 0.717) is 11.4 Å². The number of likely N-dealkylation sites (N-methyl/N-ethyl adjacent to an activating group) is 1. The van der Waals surface area contributed by atoms with E-state index in [1.807, 2.05) is 18.9 Å². The van der Waals surface area contributed by atoms with Crippen LogP contribution in [0.15, 0.2) is 18.3 Å². The molecular weight excluding hydrogens is 254 g/mol. The van der Waals surface area contributed by atoms with Gasteiger partial charge in [-0.3, -0.25) is 10.2 Å². The van der Waals surface area contributed by atoms with Gasteiger partial charge in [-0.1, -0.05) is 0 Å². The van der Waals surface area contributed by atoms with Crippen LogP contribution < -0.4 is 10.7 Å². The molecule has 0 bridgehead atoms. The third-order valence-corrected chi connectivity index (χ3v) is 3.24. The van der Waals surface area contributed by atoms with Crippen LogP contribution in [0.25, 0.3) is 0 Å². The summed E-state index contributed by atoms with van der Waals surface area (Å²) < 4.78 is 0. The predicted octanol–water partition coefficient (Wildman–Crippen LogP) is 0.794. The SMILES string of the molecule is CC(C)Nc1ncccc1C(=O)NN1CCN(C)CC1. The first-order chi connectivity index (χ1) is 9.56. The zero-order valence-electron chi connectivity index (χ0n) is 12.4. The minimum absolute atomic E-state index is 0.106. The second kappa shape index (κ2) is 6.67. The van der Waals surface area contributed by atoms with E-state index in [1.54, 1.807) is 18.3 Å². The van der Waals surface area contributed by atoms with Crippen LogP contribution >= 0.6 is 0 Å². The molecule has 0 aliphatic carbocycles. The van der Waals surface area contributed by atoms with Gasteiger partial charge in [-0.2, -0.15) is 0 Å². The highest BCUT2D eigenvalue weighted by atomic mass is 16.2. The molecule has 0 aromatic carbocycles. The number of pyridine rings is 1. The number of hydrogen-bond acceptors (Lipinski definition) is 5. The van der Waals surface area contributed by atoms with Crippen LogP contribution in [0.1, 0.15) is 24.2 Å². The number of carbonyl (C=O) groups excluding carboxylic acids is 1. The van der Waals surface area contributed by atoms with Crippen LogP contribution in [0.5, 0.6) is 0 Å². The number of carbonyl (C=O) groups is 1. The lowest BCUT2D eigenvalue weighted by Crippen LogP contribution is -2.52. The first kappa shape index (κ1) is 14.7. The molecule has 1 aromatic rings. The maximum absolute atomic E-state index is 12.4. The number of nitrogens with one attached hydrogen (secondary N) is 2. The Morgan fingerprint density at radius 1 is 1.30 bits per heavy atom. The highest BCUT2D eigenvalue weighted by Crippen LogP contribution is 2.12. The first-order valence-electron chi connectivity index (χ1n) is 7.02. The molecule has 0 saturated carbocycles. The van der Waals surface area contributed by atoms with E-state index in [2.05, 4.69) is 27.7 Å². The molecule has 1 saturated heterocycles. The molecule has 20 heavy (non-hydrogen) atoms. The lowest BCUT2D eigenvalue weighted by atomic mass is 10.2. The predicted molar refractivity (Wildman–Crippen MR) is 79.5 cm³/mol. The molecule has 0 unspecified atom stereocenters. The summed E-state index contributed by atoms with van der Waals surface area (Å²) in [5.74, 6) is 0.528. The summed E-state index contributed by atoms with van der Waals surface area (Å²) >= 11 is 0. The van der Waals surface area contributed by atoms with Crippen LogP contribution in [0.2, 0.25) is 0 Å². The number of nitrogens with zero attached hydrogens (tertiary/aromatic N) is 3. The monoisotopic (exact) mass is 277 g/mol. The van der Waals surface area contributed by atoms with Crippen molar-refractivity contribution in [2.24, 2.45) is 0 Å². The number of hydrogen-bond donors (Lipinski definition) is 2. The first-order valence-corrected chi connectivity index (χ1v) is 7.02. The van der Waals surface area contributed by atoms with E-state index in [4.69, 9.17) is 0 Å². The van der Waals surface area contributed by atoms with Crippen molar-refractivity contribution in [2.75, 3.05) is 38.5 Å². The molecule has 110 valence electrons. The van der Waals surface area contributed by atoms with Gasteiger partial charge in [0, 0.05) is 38.4 Å². The fraction of sp³-hybridized carbons (Fsp3) is 0.571. The Morgan fingerprint density at radius 2 is 2.00 bits per heavy atom. The van der Waals surface area contributed by atoms with Crippen LogP contribution in [0.3, 0.4) is 0 Å². The van der Waals surface area contributed by atoms with E-state index in [-0.39, 0.29) is 11.9 Å². The number of anilines is 1. The molecule has 1 aromatic heterocycles. The van der Waals surface area contributed by atoms with Crippen molar-refractivity contribution >= 4 is 11.7 Å². The molecule has 1 fully saturated rings. The Morgan fingerprint density at radius 3 is 2.65 bits per heavy atom. The number of amides is 1. The van der Waals surface area contributed by atoms with Gasteiger partial charge in [0.1, 0.15) is 5.82 Å². The zero-order valence-corrected chi connectivity index (χ0v) is 12.4.